The molecule has 3 heteroatoms. The molecule has 3 nitrogen and oxygen atoms in total. The molecule has 1 fully saturated rings. The summed E-state index contributed by atoms with van der Waals surface area (Å²) in [5, 5.41) is 13.2. The predicted octanol–water partition coefficient (Wildman–Crippen LogP) is 2.72. The molecule has 18 heavy (non-hydrogen) atoms. The molecule has 1 aliphatic carbocycles. The maximum atomic E-state index is 9.86. The lowest BCUT2D eigenvalue weighted by Crippen LogP contribution is -2.42. The summed E-state index contributed by atoms with van der Waals surface area (Å²) >= 11 is 0. The summed E-state index contributed by atoms with van der Waals surface area (Å²) in [6, 6.07) is 0. The first kappa shape index (κ1) is 15.9. The molecule has 1 aliphatic rings. The molecule has 0 aromatic rings. The van der Waals surface area contributed by atoms with Crippen LogP contribution in [0, 0.1) is 5.41 Å². The van der Waals surface area contributed by atoms with E-state index in [9.17, 15) is 5.11 Å². The van der Waals surface area contributed by atoms with Crippen LogP contribution in [0.1, 0.15) is 60.3 Å². The minimum Gasteiger partial charge on any atom is -0.389 e. The molecule has 2 N–H and O–H groups in total. The van der Waals surface area contributed by atoms with Gasteiger partial charge in [-0.25, -0.2) is 0 Å². The van der Waals surface area contributed by atoms with E-state index in [2.05, 4.69) is 39.9 Å². The summed E-state index contributed by atoms with van der Waals surface area (Å²) in [6.45, 7) is 12.0. The van der Waals surface area contributed by atoms with Gasteiger partial charge in [0.1, 0.15) is 0 Å². The molecule has 0 spiro atoms. The van der Waals surface area contributed by atoms with Crippen LogP contribution in [0.25, 0.3) is 0 Å². The number of hydrogen-bond donors (Lipinski definition) is 2. The number of nitrogens with one attached hydrogen (secondary N) is 1. The number of rotatable bonds is 5. The number of aliphatic hydroxyl groups is 1. The Hall–Kier alpha value is -0.120. The summed E-state index contributed by atoms with van der Waals surface area (Å²) in [7, 11) is 0. The second kappa shape index (κ2) is 6.36. The Morgan fingerprint density at radius 2 is 1.83 bits per heavy atom. The van der Waals surface area contributed by atoms with Crippen molar-refractivity contribution >= 4 is 0 Å². The molecular formula is C15H31NO2. The van der Waals surface area contributed by atoms with Crippen molar-refractivity contribution in [2.24, 2.45) is 5.41 Å². The van der Waals surface area contributed by atoms with Crippen LogP contribution in [0.15, 0.2) is 0 Å². The highest BCUT2D eigenvalue weighted by molar-refractivity contribution is 4.79. The molecule has 1 rings (SSSR count). The number of ether oxygens (including phenoxy) is 1. The Bertz CT molecular complexity index is 235. The molecule has 0 heterocycles. The lowest BCUT2D eigenvalue weighted by molar-refractivity contribution is -0.0375. The fraction of sp³-hybridized carbons (Fsp3) is 1.00. The molecule has 1 atom stereocenters. The first-order valence-corrected chi connectivity index (χ1v) is 7.23. The summed E-state index contributed by atoms with van der Waals surface area (Å²) < 4.78 is 5.81. The highest BCUT2D eigenvalue weighted by Crippen LogP contribution is 2.36. The molecule has 1 saturated carbocycles. The van der Waals surface area contributed by atoms with Crippen LogP contribution in [0.4, 0.5) is 0 Å². The lowest BCUT2D eigenvalue weighted by Gasteiger charge is -2.34. The van der Waals surface area contributed by atoms with Gasteiger partial charge in [-0.05, 0) is 51.9 Å². The molecule has 0 aromatic carbocycles. The molecule has 0 amide bonds. The molecule has 0 aliphatic heterocycles. The molecule has 0 bridgehead atoms. The van der Waals surface area contributed by atoms with Gasteiger partial charge in [0.2, 0.25) is 0 Å². The van der Waals surface area contributed by atoms with Crippen LogP contribution in [0.3, 0.4) is 0 Å². The first-order valence-electron chi connectivity index (χ1n) is 7.23. The fourth-order valence-electron chi connectivity index (χ4n) is 2.27. The van der Waals surface area contributed by atoms with E-state index in [1.54, 1.807) is 0 Å². The second-order valence-electron chi connectivity index (χ2n) is 7.48. The second-order valence-corrected chi connectivity index (χ2v) is 7.48. The van der Waals surface area contributed by atoms with E-state index in [4.69, 9.17) is 4.74 Å². The van der Waals surface area contributed by atoms with E-state index in [0.717, 1.165) is 12.8 Å². The average molecular weight is 257 g/mol. The Balaban J connectivity index is 2.14. The van der Waals surface area contributed by atoms with Crippen molar-refractivity contribution in [3.05, 3.63) is 0 Å². The molecule has 108 valence electrons. The topological polar surface area (TPSA) is 41.5 Å². The van der Waals surface area contributed by atoms with Crippen molar-refractivity contribution in [2.45, 2.75) is 78.0 Å². The normalized spacial score (nSPS) is 23.0. The molecule has 0 aromatic heterocycles. The monoisotopic (exact) mass is 257 g/mol. The quantitative estimate of drug-likeness (QED) is 0.795. The van der Waals surface area contributed by atoms with Crippen LogP contribution in [0.2, 0.25) is 0 Å². The first-order chi connectivity index (χ1) is 8.18. The van der Waals surface area contributed by atoms with Gasteiger partial charge in [-0.1, -0.05) is 13.8 Å². The Morgan fingerprint density at radius 3 is 2.33 bits per heavy atom. The van der Waals surface area contributed by atoms with Gasteiger partial charge in [0, 0.05) is 12.1 Å². The van der Waals surface area contributed by atoms with E-state index in [1.165, 1.54) is 12.8 Å². The van der Waals surface area contributed by atoms with Crippen LogP contribution in [-0.4, -0.2) is 36.0 Å². The average Bonchev–Trinajstić information content (AvgIpc) is 2.24. The zero-order valence-electron chi connectivity index (χ0n) is 12.8. The third-order valence-corrected chi connectivity index (χ3v) is 3.68. The number of β-amino-alcohol motifs (C(OH)–C–C–N with tert-alkyl or cyclic N) is 1. The minimum atomic E-state index is -0.404. The third-order valence-electron chi connectivity index (χ3n) is 3.68. The van der Waals surface area contributed by atoms with Crippen molar-refractivity contribution in [3.8, 4) is 0 Å². The highest BCUT2D eigenvalue weighted by atomic mass is 16.5. The number of aliphatic hydroxyl groups excluding tert-OH is 1. The van der Waals surface area contributed by atoms with Gasteiger partial charge in [0.05, 0.1) is 18.8 Å². The van der Waals surface area contributed by atoms with Crippen LogP contribution in [-0.2, 0) is 4.74 Å². The van der Waals surface area contributed by atoms with Crippen molar-refractivity contribution in [2.75, 3.05) is 13.2 Å². The standard InChI is InChI=1S/C15H31NO2/c1-14(2,3)16-10-12(17)11-18-13-6-8-15(4,5)9-7-13/h12-13,16-17H,6-11H2,1-5H3. The highest BCUT2D eigenvalue weighted by Gasteiger charge is 2.27. The minimum absolute atomic E-state index is 0.0514. The molecule has 0 saturated heterocycles. The van der Waals surface area contributed by atoms with E-state index >= 15 is 0 Å². The van der Waals surface area contributed by atoms with Gasteiger partial charge >= 0.3 is 0 Å². The van der Waals surface area contributed by atoms with E-state index in [1.807, 2.05) is 0 Å². The van der Waals surface area contributed by atoms with E-state index in [-0.39, 0.29) is 5.54 Å². The van der Waals surface area contributed by atoms with E-state index in [0.29, 0.717) is 24.7 Å². The zero-order chi connectivity index (χ0) is 13.8. The third kappa shape index (κ3) is 6.72. The Labute approximate surface area is 112 Å². The van der Waals surface area contributed by atoms with Crippen LogP contribution < -0.4 is 5.32 Å². The van der Waals surface area contributed by atoms with Gasteiger partial charge < -0.3 is 15.2 Å². The zero-order valence-corrected chi connectivity index (χ0v) is 12.8. The van der Waals surface area contributed by atoms with Gasteiger partial charge in [-0.15, -0.1) is 0 Å². The van der Waals surface area contributed by atoms with Crippen LogP contribution >= 0.6 is 0 Å². The summed E-state index contributed by atoms with van der Waals surface area (Å²) in [4.78, 5) is 0. The summed E-state index contributed by atoms with van der Waals surface area (Å²) in [5.74, 6) is 0. The summed E-state index contributed by atoms with van der Waals surface area (Å²) in [5.41, 5.74) is 0.530. The lowest BCUT2D eigenvalue weighted by atomic mass is 9.76. The SMILES string of the molecule is CC1(C)CCC(OCC(O)CNC(C)(C)C)CC1. The van der Waals surface area contributed by atoms with Crippen molar-refractivity contribution in [1.82, 2.24) is 5.32 Å². The van der Waals surface area contributed by atoms with E-state index < -0.39 is 6.10 Å². The Morgan fingerprint density at radius 1 is 1.28 bits per heavy atom. The van der Waals surface area contributed by atoms with Gasteiger partial charge in [-0.3, -0.25) is 0 Å². The summed E-state index contributed by atoms with van der Waals surface area (Å²) in [6.07, 6.45) is 4.67. The fourth-order valence-corrected chi connectivity index (χ4v) is 2.27. The predicted molar refractivity (Wildman–Crippen MR) is 75.8 cm³/mol. The maximum Gasteiger partial charge on any atom is 0.0898 e. The largest absolute Gasteiger partial charge is 0.389 e. The molecule has 0 radical (unpaired) electrons. The Kier molecular flexibility index (Phi) is 5.63. The molecule has 1 unspecified atom stereocenters. The number of hydrogen-bond acceptors (Lipinski definition) is 3. The molecular weight excluding hydrogens is 226 g/mol. The van der Waals surface area contributed by atoms with Gasteiger partial charge in [-0.2, -0.15) is 0 Å². The van der Waals surface area contributed by atoms with Crippen LogP contribution in [0.5, 0.6) is 0 Å². The van der Waals surface area contributed by atoms with Crippen molar-refractivity contribution in [1.29, 1.82) is 0 Å². The van der Waals surface area contributed by atoms with Gasteiger partial charge in [0.25, 0.3) is 0 Å². The maximum absolute atomic E-state index is 9.86. The van der Waals surface area contributed by atoms with Crippen molar-refractivity contribution in [3.63, 3.8) is 0 Å². The van der Waals surface area contributed by atoms with Crippen molar-refractivity contribution < 1.29 is 9.84 Å². The van der Waals surface area contributed by atoms with Gasteiger partial charge in [0.15, 0.2) is 0 Å². The smallest absolute Gasteiger partial charge is 0.0898 e.